The molecule has 7 nitrogen and oxygen atoms in total. The minimum Gasteiger partial charge on any atom is -0.480 e. The highest BCUT2D eigenvalue weighted by Gasteiger charge is 2.22. The number of amides is 1. The first-order valence-corrected chi connectivity index (χ1v) is 6.73. The molecule has 0 saturated carbocycles. The number of carboxylic acids is 1. The molecule has 1 heterocycles. The molecule has 22 heavy (non-hydrogen) atoms. The Kier molecular flexibility index (Phi) is 5.13. The van der Waals surface area contributed by atoms with E-state index in [2.05, 4.69) is 10.4 Å². The number of hydrogen-bond donors (Lipinski definition) is 2. The van der Waals surface area contributed by atoms with E-state index >= 15 is 0 Å². The maximum Gasteiger partial charge on any atom is 0.408 e. The molecule has 2 aromatic rings. The van der Waals surface area contributed by atoms with Crippen molar-refractivity contribution < 1.29 is 19.4 Å². The molecule has 116 valence electrons. The highest BCUT2D eigenvalue weighted by atomic mass is 16.5. The van der Waals surface area contributed by atoms with Crippen molar-refractivity contribution in [3.05, 3.63) is 53.9 Å². The van der Waals surface area contributed by atoms with Gasteiger partial charge < -0.3 is 15.2 Å². The third-order valence-corrected chi connectivity index (χ3v) is 2.99. The zero-order chi connectivity index (χ0) is 15.9. The van der Waals surface area contributed by atoms with Gasteiger partial charge in [0.1, 0.15) is 12.6 Å². The first kappa shape index (κ1) is 15.6. The lowest BCUT2D eigenvalue weighted by molar-refractivity contribution is -0.139. The third-order valence-electron chi connectivity index (χ3n) is 2.99. The molecule has 0 fully saturated rings. The topological polar surface area (TPSA) is 93.5 Å². The summed E-state index contributed by atoms with van der Waals surface area (Å²) in [4.78, 5) is 22.9. The van der Waals surface area contributed by atoms with E-state index in [0.717, 1.165) is 5.56 Å². The Labute approximate surface area is 127 Å². The van der Waals surface area contributed by atoms with Crippen LogP contribution >= 0.6 is 0 Å². The Morgan fingerprint density at radius 1 is 1.32 bits per heavy atom. The quantitative estimate of drug-likeness (QED) is 0.840. The molecule has 0 aliphatic carbocycles. The van der Waals surface area contributed by atoms with Crippen molar-refractivity contribution in [3.8, 4) is 0 Å². The minimum atomic E-state index is -1.14. The van der Waals surface area contributed by atoms with Crippen LogP contribution in [0.5, 0.6) is 0 Å². The van der Waals surface area contributed by atoms with Crippen LogP contribution in [0.4, 0.5) is 4.79 Å². The van der Waals surface area contributed by atoms with Crippen molar-refractivity contribution in [1.29, 1.82) is 0 Å². The number of aromatic nitrogens is 2. The summed E-state index contributed by atoms with van der Waals surface area (Å²) in [5.74, 6) is -1.14. The van der Waals surface area contributed by atoms with E-state index in [9.17, 15) is 14.7 Å². The van der Waals surface area contributed by atoms with Crippen LogP contribution in [-0.4, -0.2) is 33.0 Å². The molecule has 1 unspecified atom stereocenters. The lowest BCUT2D eigenvalue weighted by Gasteiger charge is -2.13. The van der Waals surface area contributed by atoms with Gasteiger partial charge in [-0.15, -0.1) is 0 Å². The predicted octanol–water partition coefficient (Wildman–Crippen LogP) is 1.34. The number of hydrogen-bond acceptors (Lipinski definition) is 4. The highest BCUT2D eigenvalue weighted by Crippen LogP contribution is 2.03. The van der Waals surface area contributed by atoms with Crippen LogP contribution in [0.25, 0.3) is 0 Å². The van der Waals surface area contributed by atoms with Gasteiger partial charge in [-0.1, -0.05) is 30.3 Å². The molecule has 0 spiro atoms. The maximum atomic E-state index is 11.7. The Balaban J connectivity index is 1.87. The number of nitrogens with zero attached hydrogens (tertiary/aromatic N) is 2. The molecule has 1 atom stereocenters. The van der Waals surface area contributed by atoms with Gasteiger partial charge in [0.15, 0.2) is 0 Å². The SMILES string of the molecule is Cn1ccc(CC(NC(=O)OCc2ccccc2)C(=O)O)n1. The minimum absolute atomic E-state index is 0.0859. The van der Waals surface area contributed by atoms with Crippen LogP contribution in [0, 0.1) is 0 Å². The van der Waals surface area contributed by atoms with E-state index in [0.29, 0.717) is 5.69 Å². The van der Waals surface area contributed by atoms with Gasteiger partial charge in [0.2, 0.25) is 0 Å². The summed E-state index contributed by atoms with van der Waals surface area (Å²) < 4.78 is 6.58. The summed E-state index contributed by atoms with van der Waals surface area (Å²) in [6.45, 7) is 0.0859. The number of aliphatic carboxylic acids is 1. The van der Waals surface area contributed by atoms with Crippen molar-refractivity contribution in [2.45, 2.75) is 19.1 Å². The third kappa shape index (κ3) is 4.62. The monoisotopic (exact) mass is 303 g/mol. The van der Waals surface area contributed by atoms with Crippen molar-refractivity contribution in [1.82, 2.24) is 15.1 Å². The fraction of sp³-hybridized carbons (Fsp3) is 0.267. The van der Waals surface area contributed by atoms with Crippen LogP contribution in [0.15, 0.2) is 42.6 Å². The second kappa shape index (κ2) is 7.26. The van der Waals surface area contributed by atoms with Gasteiger partial charge >= 0.3 is 12.1 Å². The van der Waals surface area contributed by atoms with Crippen LogP contribution in [0.1, 0.15) is 11.3 Å². The summed E-state index contributed by atoms with van der Waals surface area (Å²) in [7, 11) is 1.74. The lowest BCUT2D eigenvalue weighted by atomic mass is 10.1. The van der Waals surface area contributed by atoms with E-state index in [1.54, 1.807) is 24.0 Å². The molecule has 2 N–H and O–H groups in total. The molecule has 0 bridgehead atoms. The van der Waals surface area contributed by atoms with Gasteiger partial charge in [0.25, 0.3) is 0 Å². The number of rotatable bonds is 6. The van der Waals surface area contributed by atoms with Gasteiger partial charge in [-0.2, -0.15) is 5.10 Å². The highest BCUT2D eigenvalue weighted by molar-refractivity contribution is 5.80. The Bertz CT molecular complexity index is 639. The Morgan fingerprint density at radius 3 is 2.64 bits per heavy atom. The number of carbonyl (C=O) groups excluding carboxylic acids is 1. The van der Waals surface area contributed by atoms with E-state index in [1.165, 1.54) is 0 Å². The number of aryl methyl sites for hydroxylation is 1. The molecule has 7 heteroatoms. The summed E-state index contributed by atoms with van der Waals surface area (Å²) in [5.41, 5.74) is 1.41. The maximum absolute atomic E-state index is 11.7. The molecule has 0 radical (unpaired) electrons. The molecular formula is C15H17N3O4. The summed E-state index contributed by atoms with van der Waals surface area (Å²) in [6, 6.07) is 9.77. The van der Waals surface area contributed by atoms with Crippen molar-refractivity contribution >= 4 is 12.1 Å². The smallest absolute Gasteiger partial charge is 0.408 e. The second-order valence-electron chi connectivity index (χ2n) is 4.78. The van der Waals surface area contributed by atoms with Gasteiger partial charge in [0, 0.05) is 19.7 Å². The standard InChI is InChI=1S/C15H17N3O4/c1-18-8-7-12(17-18)9-13(14(19)20)16-15(21)22-10-11-5-3-2-4-6-11/h2-8,13H,9-10H2,1H3,(H,16,21)(H,19,20). The average molecular weight is 303 g/mol. The first-order valence-electron chi connectivity index (χ1n) is 6.73. The van der Waals surface area contributed by atoms with Crippen molar-refractivity contribution in [2.75, 3.05) is 0 Å². The summed E-state index contributed by atoms with van der Waals surface area (Å²) >= 11 is 0. The van der Waals surface area contributed by atoms with Crippen molar-refractivity contribution in [2.24, 2.45) is 7.05 Å². The molecule has 1 aromatic carbocycles. The van der Waals surface area contributed by atoms with Gasteiger partial charge in [-0.05, 0) is 11.6 Å². The molecule has 1 amide bonds. The number of benzene rings is 1. The van der Waals surface area contributed by atoms with Crippen LogP contribution in [0.2, 0.25) is 0 Å². The van der Waals surface area contributed by atoms with Gasteiger partial charge in [0.05, 0.1) is 5.69 Å². The molecule has 0 saturated heterocycles. The molecule has 1 aromatic heterocycles. The number of ether oxygens (including phenoxy) is 1. The Hall–Kier alpha value is -2.83. The van der Waals surface area contributed by atoms with Crippen LogP contribution in [0.3, 0.4) is 0 Å². The number of alkyl carbamates (subject to hydrolysis) is 1. The second-order valence-corrected chi connectivity index (χ2v) is 4.78. The van der Waals surface area contributed by atoms with E-state index in [1.807, 2.05) is 30.3 Å². The molecular weight excluding hydrogens is 286 g/mol. The number of carbonyl (C=O) groups is 2. The van der Waals surface area contributed by atoms with Crippen molar-refractivity contribution in [3.63, 3.8) is 0 Å². The lowest BCUT2D eigenvalue weighted by Crippen LogP contribution is -2.42. The normalized spacial score (nSPS) is 11.7. The zero-order valence-electron chi connectivity index (χ0n) is 12.1. The van der Waals surface area contributed by atoms with Gasteiger partial charge in [-0.3, -0.25) is 4.68 Å². The van der Waals surface area contributed by atoms with Crippen LogP contribution in [-0.2, 0) is 29.6 Å². The van der Waals surface area contributed by atoms with E-state index in [4.69, 9.17) is 4.74 Å². The summed E-state index contributed by atoms with van der Waals surface area (Å²) in [5, 5.41) is 15.6. The van der Waals surface area contributed by atoms with Gasteiger partial charge in [-0.25, -0.2) is 9.59 Å². The zero-order valence-corrected chi connectivity index (χ0v) is 12.1. The fourth-order valence-electron chi connectivity index (χ4n) is 1.89. The molecule has 0 aliphatic heterocycles. The van der Waals surface area contributed by atoms with E-state index in [-0.39, 0.29) is 13.0 Å². The largest absolute Gasteiger partial charge is 0.480 e. The fourth-order valence-corrected chi connectivity index (χ4v) is 1.89. The average Bonchev–Trinajstić information content (AvgIpc) is 2.91. The van der Waals surface area contributed by atoms with E-state index < -0.39 is 18.1 Å². The summed E-state index contributed by atoms with van der Waals surface area (Å²) in [6.07, 6.45) is 1.03. The first-order chi connectivity index (χ1) is 10.5. The van der Waals surface area contributed by atoms with Crippen LogP contribution < -0.4 is 5.32 Å². The number of nitrogens with one attached hydrogen (secondary N) is 1. The number of carboxylic acid groups (broad SMARTS) is 1. The predicted molar refractivity (Wildman–Crippen MR) is 78.1 cm³/mol. The molecule has 2 rings (SSSR count). The molecule has 0 aliphatic rings. The Morgan fingerprint density at radius 2 is 2.05 bits per heavy atom.